The average molecular weight is 284 g/mol. The molecule has 1 aliphatic rings. The first-order valence-corrected chi connectivity index (χ1v) is 6.12. The molecule has 1 amide bonds. The van der Waals surface area contributed by atoms with Gasteiger partial charge >= 0.3 is 0 Å². The predicted octanol–water partition coefficient (Wildman–Crippen LogP) is 1.31. The van der Waals surface area contributed by atoms with Crippen molar-refractivity contribution in [2.45, 2.75) is 18.9 Å². The van der Waals surface area contributed by atoms with Gasteiger partial charge in [0.1, 0.15) is 5.69 Å². The molecular formula is C11H14BrN3O. The zero-order valence-electron chi connectivity index (χ0n) is 8.82. The van der Waals surface area contributed by atoms with Crippen molar-refractivity contribution in [3.63, 3.8) is 0 Å². The van der Waals surface area contributed by atoms with Crippen molar-refractivity contribution in [3.05, 3.63) is 28.5 Å². The largest absolute Gasteiger partial charge is 0.349 e. The highest BCUT2D eigenvalue weighted by molar-refractivity contribution is 9.10. The monoisotopic (exact) mass is 283 g/mol. The number of nitrogens with one attached hydrogen (secondary N) is 1. The van der Waals surface area contributed by atoms with E-state index in [0.717, 1.165) is 0 Å². The molecule has 1 fully saturated rings. The lowest BCUT2D eigenvalue weighted by molar-refractivity contribution is 0.0944. The molecule has 0 radical (unpaired) electrons. The van der Waals surface area contributed by atoms with Crippen molar-refractivity contribution in [3.8, 4) is 0 Å². The molecule has 0 aliphatic heterocycles. The van der Waals surface area contributed by atoms with Gasteiger partial charge in [0, 0.05) is 23.3 Å². The molecule has 0 bridgehead atoms. The van der Waals surface area contributed by atoms with Gasteiger partial charge in [-0.25, -0.2) is 4.98 Å². The molecule has 1 unspecified atom stereocenters. The van der Waals surface area contributed by atoms with E-state index < -0.39 is 0 Å². The van der Waals surface area contributed by atoms with Crippen LogP contribution in [0.4, 0.5) is 0 Å². The van der Waals surface area contributed by atoms with Gasteiger partial charge in [0.2, 0.25) is 0 Å². The standard InChI is InChI=1S/C11H14BrN3O/c12-8-2-1-5-14-10(8)11(16)15-6-9(13)7-3-4-7/h1-2,5,7,9H,3-4,6,13H2,(H,15,16). The van der Waals surface area contributed by atoms with Gasteiger partial charge in [-0.15, -0.1) is 0 Å². The Labute approximate surface area is 103 Å². The zero-order chi connectivity index (χ0) is 11.5. The van der Waals surface area contributed by atoms with Crippen LogP contribution in [0.1, 0.15) is 23.3 Å². The number of carbonyl (C=O) groups is 1. The van der Waals surface area contributed by atoms with Gasteiger partial charge in [0.05, 0.1) is 0 Å². The second-order valence-electron chi connectivity index (χ2n) is 4.05. The molecule has 5 heteroatoms. The lowest BCUT2D eigenvalue weighted by Gasteiger charge is -2.11. The third-order valence-corrected chi connectivity index (χ3v) is 3.34. The molecule has 1 saturated carbocycles. The van der Waals surface area contributed by atoms with E-state index in [1.165, 1.54) is 12.8 Å². The molecule has 3 N–H and O–H groups in total. The number of halogens is 1. The first-order chi connectivity index (χ1) is 7.68. The van der Waals surface area contributed by atoms with Gasteiger partial charge in [-0.1, -0.05) is 0 Å². The molecule has 0 spiro atoms. The van der Waals surface area contributed by atoms with E-state index in [1.807, 2.05) is 0 Å². The third-order valence-electron chi connectivity index (χ3n) is 2.70. The fourth-order valence-electron chi connectivity index (χ4n) is 1.54. The van der Waals surface area contributed by atoms with Crippen molar-refractivity contribution in [1.29, 1.82) is 0 Å². The number of aromatic nitrogens is 1. The van der Waals surface area contributed by atoms with Crippen LogP contribution in [0.15, 0.2) is 22.8 Å². The van der Waals surface area contributed by atoms with Crippen LogP contribution >= 0.6 is 15.9 Å². The normalized spacial score (nSPS) is 16.9. The van der Waals surface area contributed by atoms with Crippen molar-refractivity contribution in [1.82, 2.24) is 10.3 Å². The van der Waals surface area contributed by atoms with Crippen molar-refractivity contribution in [2.24, 2.45) is 11.7 Å². The number of carbonyl (C=O) groups excluding carboxylic acids is 1. The lowest BCUT2D eigenvalue weighted by Crippen LogP contribution is -2.38. The molecule has 16 heavy (non-hydrogen) atoms. The van der Waals surface area contributed by atoms with Crippen LogP contribution in [0.2, 0.25) is 0 Å². The minimum Gasteiger partial charge on any atom is -0.349 e. The predicted molar refractivity (Wildman–Crippen MR) is 65.0 cm³/mol. The number of nitrogens with two attached hydrogens (primary N) is 1. The average Bonchev–Trinajstić information content (AvgIpc) is 3.10. The highest BCUT2D eigenvalue weighted by Crippen LogP contribution is 2.31. The molecule has 1 aromatic heterocycles. The smallest absolute Gasteiger partial charge is 0.271 e. The Hall–Kier alpha value is -0.940. The molecule has 86 valence electrons. The third kappa shape index (κ3) is 2.80. The van der Waals surface area contributed by atoms with E-state index in [-0.39, 0.29) is 11.9 Å². The topological polar surface area (TPSA) is 68.0 Å². The Bertz CT molecular complexity index is 393. The number of hydrogen-bond donors (Lipinski definition) is 2. The van der Waals surface area contributed by atoms with Crippen LogP contribution in [0.3, 0.4) is 0 Å². The van der Waals surface area contributed by atoms with Gasteiger partial charge in [-0.2, -0.15) is 0 Å². The summed E-state index contributed by atoms with van der Waals surface area (Å²) in [6.07, 6.45) is 3.97. The van der Waals surface area contributed by atoms with Crippen LogP contribution in [0.25, 0.3) is 0 Å². The molecule has 1 heterocycles. The Morgan fingerprint density at radius 2 is 2.44 bits per heavy atom. The van der Waals surface area contributed by atoms with Gasteiger partial charge in [-0.3, -0.25) is 4.79 Å². The molecule has 4 nitrogen and oxygen atoms in total. The number of hydrogen-bond acceptors (Lipinski definition) is 3. The minimum absolute atomic E-state index is 0.0754. The van der Waals surface area contributed by atoms with Gasteiger partial charge in [0.15, 0.2) is 0 Å². The molecule has 1 atom stereocenters. The summed E-state index contributed by atoms with van der Waals surface area (Å²) >= 11 is 3.29. The summed E-state index contributed by atoms with van der Waals surface area (Å²) in [7, 11) is 0. The lowest BCUT2D eigenvalue weighted by atomic mass is 10.2. The molecular weight excluding hydrogens is 270 g/mol. The maximum Gasteiger partial charge on any atom is 0.271 e. The fraction of sp³-hybridized carbons (Fsp3) is 0.455. The summed E-state index contributed by atoms with van der Waals surface area (Å²) in [4.78, 5) is 15.8. The Balaban J connectivity index is 1.90. The van der Waals surface area contributed by atoms with Crippen LogP contribution in [-0.4, -0.2) is 23.5 Å². The first-order valence-electron chi connectivity index (χ1n) is 5.33. The van der Waals surface area contributed by atoms with Crippen LogP contribution in [0, 0.1) is 5.92 Å². The van der Waals surface area contributed by atoms with E-state index in [4.69, 9.17) is 5.73 Å². The Morgan fingerprint density at radius 3 is 3.06 bits per heavy atom. The maximum atomic E-state index is 11.8. The van der Waals surface area contributed by atoms with Gasteiger partial charge in [-0.05, 0) is 46.8 Å². The molecule has 0 saturated heterocycles. The minimum atomic E-state index is -0.177. The highest BCUT2D eigenvalue weighted by Gasteiger charge is 2.28. The van der Waals surface area contributed by atoms with Crippen molar-refractivity contribution >= 4 is 21.8 Å². The van der Waals surface area contributed by atoms with Crippen molar-refractivity contribution < 1.29 is 4.79 Å². The van der Waals surface area contributed by atoms with E-state index >= 15 is 0 Å². The second-order valence-corrected chi connectivity index (χ2v) is 4.90. The van der Waals surface area contributed by atoms with Crippen LogP contribution < -0.4 is 11.1 Å². The van der Waals surface area contributed by atoms with Crippen LogP contribution in [0.5, 0.6) is 0 Å². The maximum absolute atomic E-state index is 11.8. The second kappa shape index (κ2) is 4.93. The Kier molecular flexibility index (Phi) is 3.56. The fourth-order valence-corrected chi connectivity index (χ4v) is 1.97. The highest BCUT2D eigenvalue weighted by atomic mass is 79.9. The quantitative estimate of drug-likeness (QED) is 0.876. The summed E-state index contributed by atoms with van der Waals surface area (Å²) in [5, 5.41) is 2.80. The first kappa shape index (κ1) is 11.5. The zero-order valence-corrected chi connectivity index (χ0v) is 10.4. The molecule has 1 aromatic rings. The number of amides is 1. The number of nitrogens with zero attached hydrogens (tertiary/aromatic N) is 1. The SMILES string of the molecule is NC(CNC(=O)c1ncccc1Br)C1CC1. The van der Waals surface area contributed by atoms with E-state index in [1.54, 1.807) is 18.3 Å². The summed E-state index contributed by atoms with van der Waals surface area (Å²) in [6.45, 7) is 0.520. The summed E-state index contributed by atoms with van der Waals surface area (Å²) in [5.41, 5.74) is 6.30. The van der Waals surface area contributed by atoms with Gasteiger partial charge < -0.3 is 11.1 Å². The molecule has 1 aliphatic carbocycles. The van der Waals surface area contributed by atoms with Crippen molar-refractivity contribution in [2.75, 3.05) is 6.54 Å². The summed E-state index contributed by atoms with van der Waals surface area (Å²) < 4.78 is 0.701. The Morgan fingerprint density at radius 1 is 1.69 bits per heavy atom. The molecule has 0 aromatic carbocycles. The molecule has 2 rings (SSSR count). The van der Waals surface area contributed by atoms with E-state index in [9.17, 15) is 4.79 Å². The van der Waals surface area contributed by atoms with Gasteiger partial charge in [0.25, 0.3) is 5.91 Å². The number of pyridine rings is 1. The van der Waals surface area contributed by atoms with E-state index in [2.05, 4.69) is 26.2 Å². The summed E-state index contributed by atoms with van der Waals surface area (Å²) in [5.74, 6) is 0.413. The number of rotatable bonds is 4. The van der Waals surface area contributed by atoms with Crippen LogP contribution in [-0.2, 0) is 0 Å². The van der Waals surface area contributed by atoms with E-state index in [0.29, 0.717) is 22.6 Å². The summed E-state index contributed by atoms with van der Waals surface area (Å²) in [6, 6.07) is 3.64.